The summed E-state index contributed by atoms with van der Waals surface area (Å²) in [5.74, 6) is 0.376. The molecule has 0 radical (unpaired) electrons. The number of hydrogen-bond donors (Lipinski definition) is 2. The Balaban J connectivity index is 2.13. The Labute approximate surface area is 115 Å². The highest BCUT2D eigenvalue weighted by molar-refractivity contribution is 6.48. The van der Waals surface area contributed by atoms with E-state index in [1.165, 1.54) is 5.56 Å². The van der Waals surface area contributed by atoms with Crippen LogP contribution in [0.4, 0.5) is 0 Å². The fraction of sp³-hybridized carbons (Fsp3) is 0.600. The van der Waals surface area contributed by atoms with Crippen molar-refractivity contribution < 1.29 is 14.9 Å². The van der Waals surface area contributed by atoms with Gasteiger partial charge in [-0.3, -0.25) is 0 Å². The molecule has 0 aliphatic heterocycles. The number of hydrogen-bond acceptors (Lipinski definition) is 3. The van der Waals surface area contributed by atoms with Crippen LogP contribution in [-0.4, -0.2) is 28.9 Å². The van der Waals surface area contributed by atoms with Gasteiger partial charge in [-0.05, 0) is 63.5 Å². The molecule has 2 rings (SSSR count). The first-order valence-corrected chi connectivity index (χ1v) is 6.91. The molecule has 0 saturated carbocycles. The third-order valence-corrected chi connectivity index (χ3v) is 4.40. The van der Waals surface area contributed by atoms with Crippen LogP contribution in [0.2, 0.25) is 0 Å². The van der Waals surface area contributed by atoms with E-state index in [1.54, 1.807) is 13.8 Å². The summed E-state index contributed by atoms with van der Waals surface area (Å²) in [4.78, 5) is 0. The summed E-state index contributed by atoms with van der Waals surface area (Å²) in [5, 5.41) is 20.3. The highest BCUT2D eigenvalue weighted by Gasteiger charge is 2.36. The molecular weight excluding hydrogens is 239 g/mol. The molecule has 1 aliphatic rings. The van der Waals surface area contributed by atoms with Gasteiger partial charge in [0.1, 0.15) is 5.75 Å². The molecule has 4 heteroatoms. The maximum atomic E-state index is 10.3. The van der Waals surface area contributed by atoms with Crippen molar-refractivity contribution in [1.82, 2.24) is 0 Å². The van der Waals surface area contributed by atoms with Crippen LogP contribution in [0.1, 0.15) is 45.2 Å². The molecule has 0 amide bonds. The highest BCUT2D eigenvalue weighted by atomic mass is 16.5. The first-order valence-electron chi connectivity index (χ1n) is 6.91. The van der Waals surface area contributed by atoms with Crippen molar-refractivity contribution in [2.45, 2.75) is 58.2 Å². The molecular formula is C15H23BO3. The second kappa shape index (κ2) is 4.84. The van der Waals surface area contributed by atoms with Gasteiger partial charge in [0, 0.05) is 0 Å². The van der Waals surface area contributed by atoms with Gasteiger partial charge < -0.3 is 14.9 Å². The number of aromatic hydroxyl groups is 1. The van der Waals surface area contributed by atoms with E-state index in [0.29, 0.717) is 13.2 Å². The van der Waals surface area contributed by atoms with E-state index < -0.39 is 11.2 Å². The molecule has 1 aromatic carbocycles. The Kier molecular flexibility index (Phi) is 3.67. The molecule has 3 nitrogen and oxygen atoms in total. The van der Waals surface area contributed by atoms with Crippen LogP contribution in [0.25, 0.3) is 0 Å². The average molecular weight is 262 g/mol. The smallest absolute Gasteiger partial charge is 0.313 e. The van der Waals surface area contributed by atoms with E-state index in [-0.39, 0.29) is 0 Å². The zero-order valence-electron chi connectivity index (χ0n) is 12.3. The van der Waals surface area contributed by atoms with Crippen LogP contribution in [0.3, 0.4) is 0 Å². The molecule has 0 atom stereocenters. The molecule has 1 aliphatic carbocycles. The quantitative estimate of drug-likeness (QED) is 0.807. The third kappa shape index (κ3) is 2.80. The van der Waals surface area contributed by atoms with Crippen LogP contribution >= 0.6 is 0 Å². The van der Waals surface area contributed by atoms with Crippen LogP contribution in [-0.2, 0) is 17.5 Å². The first kappa shape index (κ1) is 14.4. The van der Waals surface area contributed by atoms with Gasteiger partial charge in [0.25, 0.3) is 0 Å². The number of benzene rings is 1. The van der Waals surface area contributed by atoms with E-state index in [2.05, 4.69) is 6.07 Å². The monoisotopic (exact) mass is 262 g/mol. The van der Waals surface area contributed by atoms with E-state index in [9.17, 15) is 10.2 Å². The number of phenolic OH excluding ortho intramolecular Hbond substituents is 1. The number of rotatable bonds is 4. The second-order valence-electron chi connectivity index (χ2n) is 6.42. The normalized spacial score (nSPS) is 15.4. The largest absolute Gasteiger partial charge is 0.508 e. The lowest BCUT2D eigenvalue weighted by atomic mass is 9.81. The summed E-state index contributed by atoms with van der Waals surface area (Å²) in [6.07, 6.45) is 3.12. The lowest BCUT2D eigenvalue weighted by Crippen LogP contribution is -2.49. The molecule has 0 heterocycles. The fourth-order valence-corrected chi connectivity index (χ4v) is 2.25. The van der Waals surface area contributed by atoms with E-state index in [0.717, 1.165) is 30.3 Å². The first-order chi connectivity index (χ1) is 8.72. The van der Waals surface area contributed by atoms with Gasteiger partial charge in [-0.1, -0.05) is 12.1 Å². The van der Waals surface area contributed by atoms with Gasteiger partial charge in [-0.25, -0.2) is 0 Å². The fourth-order valence-electron chi connectivity index (χ4n) is 2.25. The zero-order chi connectivity index (χ0) is 14.3. The molecule has 0 bridgehead atoms. The maximum Gasteiger partial charge on any atom is 0.313 e. The number of fused-ring (bicyclic) bond motifs is 1. The van der Waals surface area contributed by atoms with Gasteiger partial charge in [0.2, 0.25) is 0 Å². The van der Waals surface area contributed by atoms with Gasteiger partial charge >= 0.3 is 7.48 Å². The molecule has 0 aromatic heterocycles. The Morgan fingerprint density at radius 3 is 2.47 bits per heavy atom. The SMILES string of the molecule is CC(C)(O)C(C)(C)OBc1ccc2c(c1O)CCC2. The summed E-state index contributed by atoms with van der Waals surface area (Å²) < 4.78 is 5.81. The zero-order valence-corrected chi connectivity index (χ0v) is 12.3. The minimum absolute atomic E-state index is 0.316. The summed E-state index contributed by atoms with van der Waals surface area (Å²) >= 11 is 0. The van der Waals surface area contributed by atoms with Crippen LogP contribution in [0.5, 0.6) is 5.75 Å². The highest BCUT2D eigenvalue weighted by Crippen LogP contribution is 2.29. The van der Waals surface area contributed by atoms with E-state index in [1.807, 2.05) is 19.9 Å². The Bertz CT molecular complexity index is 475. The van der Waals surface area contributed by atoms with Crippen LogP contribution in [0.15, 0.2) is 12.1 Å². The molecule has 104 valence electrons. The maximum absolute atomic E-state index is 10.3. The van der Waals surface area contributed by atoms with Crippen LogP contribution in [0, 0.1) is 0 Å². The van der Waals surface area contributed by atoms with Gasteiger partial charge in [-0.15, -0.1) is 0 Å². The lowest BCUT2D eigenvalue weighted by Gasteiger charge is -2.37. The summed E-state index contributed by atoms with van der Waals surface area (Å²) in [5.41, 5.74) is 1.53. The topological polar surface area (TPSA) is 49.7 Å². The number of phenols is 1. The molecule has 0 fully saturated rings. The van der Waals surface area contributed by atoms with Crippen molar-refractivity contribution >= 4 is 12.9 Å². The predicted molar refractivity (Wildman–Crippen MR) is 78.4 cm³/mol. The van der Waals surface area contributed by atoms with Crippen LogP contribution < -0.4 is 5.46 Å². The standard InChI is InChI=1S/C15H23BO3/c1-14(2,18)15(3,4)19-16-12-9-8-10-6-5-7-11(10)13(12)17/h8-9,16-18H,5-7H2,1-4H3. The average Bonchev–Trinajstić information content (AvgIpc) is 2.75. The molecule has 1 aromatic rings. The molecule has 19 heavy (non-hydrogen) atoms. The molecule has 2 N–H and O–H groups in total. The van der Waals surface area contributed by atoms with E-state index in [4.69, 9.17) is 4.65 Å². The third-order valence-electron chi connectivity index (χ3n) is 4.40. The number of aliphatic hydroxyl groups is 1. The second-order valence-corrected chi connectivity index (χ2v) is 6.42. The predicted octanol–water partition coefficient (Wildman–Crippen LogP) is 1.42. The molecule has 0 unspecified atom stereocenters. The van der Waals surface area contributed by atoms with Gasteiger partial charge in [-0.2, -0.15) is 0 Å². The van der Waals surface area contributed by atoms with Crippen molar-refractivity contribution in [1.29, 1.82) is 0 Å². The lowest BCUT2D eigenvalue weighted by molar-refractivity contribution is -0.0893. The summed E-state index contributed by atoms with van der Waals surface area (Å²) in [7, 11) is 0.316. The van der Waals surface area contributed by atoms with Crippen molar-refractivity contribution in [2.75, 3.05) is 0 Å². The number of aryl methyl sites for hydroxylation is 1. The molecule has 0 spiro atoms. The van der Waals surface area contributed by atoms with Crippen molar-refractivity contribution in [3.63, 3.8) is 0 Å². The minimum Gasteiger partial charge on any atom is -0.508 e. The minimum atomic E-state index is -0.931. The molecule has 0 saturated heterocycles. The summed E-state index contributed by atoms with van der Waals surface area (Å²) in [6.45, 7) is 7.18. The Morgan fingerprint density at radius 1 is 1.16 bits per heavy atom. The summed E-state index contributed by atoms with van der Waals surface area (Å²) in [6, 6.07) is 4.01. The Hall–Kier alpha value is -0.995. The van der Waals surface area contributed by atoms with Crippen molar-refractivity contribution in [3.8, 4) is 5.75 Å². The van der Waals surface area contributed by atoms with E-state index >= 15 is 0 Å². The van der Waals surface area contributed by atoms with Gasteiger partial charge in [0.15, 0.2) is 0 Å². The van der Waals surface area contributed by atoms with Crippen molar-refractivity contribution in [2.24, 2.45) is 0 Å². The van der Waals surface area contributed by atoms with Crippen molar-refractivity contribution in [3.05, 3.63) is 23.3 Å². The van der Waals surface area contributed by atoms with Gasteiger partial charge in [0.05, 0.1) is 11.2 Å². The Morgan fingerprint density at radius 2 is 1.84 bits per heavy atom.